The molecule has 5 heteroatoms. The van der Waals surface area contributed by atoms with Crippen LogP contribution in [0.4, 0.5) is 0 Å². The molecule has 2 aromatic carbocycles. The number of aromatic nitrogens is 2. The van der Waals surface area contributed by atoms with Crippen molar-refractivity contribution in [1.29, 1.82) is 0 Å². The summed E-state index contributed by atoms with van der Waals surface area (Å²) >= 11 is 0. The van der Waals surface area contributed by atoms with Gasteiger partial charge in [-0.2, -0.15) is 0 Å². The Kier molecular flexibility index (Phi) is 7.06. The van der Waals surface area contributed by atoms with E-state index < -0.39 is 0 Å². The van der Waals surface area contributed by atoms with Gasteiger partial charge in [0, 0.05) is 19.0 Å². The number of unbranched alkanes of at least 4 members (excludes halogenated alkanes) is 2. The second-order valence-electron chi connectivity index (χ2n) is 7.09. The first-order valence-corrected chi connectivity index (χ1v) is 9.87. The van der Waals surface area contributed by atoms with Gasteiger partial charge in [-0.25, -0.2) is 4.98 Å². The maximum atomic E-state index is 11.1. The predicted molar refractivity (Wildman–Crippen MR) is 111 cm³/mol. The summed E-state index contributed by atoms with van der Waals surface area (Å²) in [7, 11) is 1.42. The highest BCUT2D eigenvalue weighted by molar-refractivity contribution is 5.77. The normalized spacial score (nSPS) is 12.1. The Morgan fingerprint density at radius 1 is 1.11 bits per heavy atom. The maximum Gasteiger partial charge on any atom is 0.305 e. The lowest BCUT2D eigenvalue weighted by molar-refractivity contribution is -0.140. The molecule has 1 unspecified atom stereocenters. The third-order valence-corrected chi connectivity index (χ3v) is 4.95. The van der Waals surface area contributed by atoms with E-state index in [1.54, 1.807) is 0 Å². The Labute approximate surface area is 166 Å². The molecule has 0 saturated heterocycles. The van der Waals surface area contributed by atoms with Gasteiger partial charge in [0.2, 0.25) is 0 Å². The highest BCUT2D eigenvalue weighted by Gasteiger charge is 2.10. The molecule has 3 rings (SSSR count). The van der Waals surface area contributed by atoms with Crippen LogP contribution in [-0.4, -0.2) is 29.2 Å². The van der Waals surface area contributed by atoms with E-state index in [2.05, 4.69) is 51.5 Å². The molecule has 0 aliphatic carbocycles. The van der Waals surface area contributed by atoms with Crippen molar-refractivity contribution in [3.8, 4) is 5.75 Å². The predicted octanol–water partition coefficient (Wildman–Crippen LogP) is 4.95. The van der Waals surface area contributed by atoms with Crippen LogP contribution >= 0.6 is 0 Å². The number of hydrogen-bond donors (Lipinski definition) is 0. The molecule has 0 N–H and O–H groups in total. The Bertz CT molecular complexity index is 889. The number of carbonyl (C=O) groups excluding carboxylic acids is 1. The first-order valence-electron chi connectivity index (χ1n) is 9.87. The van der Waals surface area contributed by atoms with Crippen LogP contribution in [0.5, 0.6) is 5.75 Å². The van der Waals surface area contributed by atoms with E-state index in [9.17, 15) is 4.79 Å². The van der Waals surface area contributed by atoms with Crippen molar-refractivity contribution in [1.82, 2.24) is 9.55 Å². The van der Waals surface area contributed by atoms with Gasteiger partial charge in [-0.05, 0) is 42.9 Å². The van der Waals surface area contributed by atoms with Crippen molar-refractivity contribution in [2.45, 2.75) is 45.1 Å². The molecule has 0 radical (unpaired) electrons. The third kappa shape index (κ3) is 5.35. The highest BCUT2D eigenvalue weighted by atomic mass is 16.5. The second kappa shape index (κ2) is 9.93. The molecule has 1 atom stereocenters. The summed E-state index contributed by atoms with van der Waals surface area (Å²) in [5.41, 5.74) is 3.40. The van der Waals surface area contributed by atoms with E-state index in [-0.39, 0.29) is 5.97 Å². The molecule has 3 aromatic rings. The van der Waals surface area contributed by atoms with Crippen LogP contribution in [0.3, 0.4) is 0 Å². The molecule has 5 nitrogen and oxygen atoms in total. The van der Waals surface area contributed by atoms with E-state index in [1.807, 2.05) is 24.5 Å². The number of carbonyl (C=O) groups is 1. The summed E-state index contributed by atoms with van der Waals surface area (Å²) in [6.45, 7) is 3.76. The van der Waals surface area contributed by atoms with E-state index in [0.29, 0.717) is 18.9 Å². The Morgan fingerprint density at radius 3 is 2.71 bits per heavy atom. The topological polar surface area (TPSA) is 53.4 Å². The van der Waals surface area contributed by atoms with Gasteiger partial charge >= 0.3 is 5.97 Å². The Morgan fingerprint density at radius 2 is 1.93 bits per heavy atom. The van der Waals surface area contributed by atoms with Crippen LogP contribution in [0, 0.1) is 0 Å². The number of benzene rings is 2. The summed E-state index contributed by atoms with van der Waals surface area (Å²) in [6.07, 6.45) is 5.07. The van der Waals surface area contributed by atoms with E-state index >= 15 is 0 Å². The van der Waals surface area contributed by atoms with Crippen molar-refractivity contribution in [3.63, 3.8) is 0 Å². The maximum absolute atomic E-state index is 11.1. The van der Waals surface area contributed by atoms with E-state index in [4.69, 9.17) is 4.74 Å². The molecule has 0 saturated carbocycles. The zero-order valence-electron chi connectivity index (χ0n) is 16.6. The SMILES string of the molecule is COC(=O)CCCCCOc1ccc2c(c1)ncn2CC(C)c1ccccc1. The van der Waals surface area contributed by atoms with Crippen LogP contribution in [0.15, 0.2) is 54.9 Å². The molecule has 148 valence electrons. The lowest BCUT2D eigenvalue weighted by Gasteiger charge is -2.13. The molecule has 28 heavy (non-hydrogen) atoms. The summed E-state index contributed by atoms with van der Waals surface area (Å²) in [4.78, 5) is 15.6. The average Bonchev–Trinajstić information content (AvgIpc) is 3.13. The molecular formula is C23H28N2O3. The fraction of sp³-hybridized carbons (Fsp3) is 0.391. The summed E-state index contributed by atoms with van der Waals surface area (Å²) in [5.74, 6) is 1.10. The highest BCUT2D eigenvalue weighted by Crippen LogP contribution is 2.23. The van der Waals surface area contributed by atoms with Crippen LogP contribution in [0.25, 0.3) is 11.0 Å². The quantitative estimate of drug-likeness (QED) is 0.369. The van der Waals surface area contributed by atoms with Crippen molar-refractivity contribution in [3.05, 3.63) is 60.4 Å². The molecule has 1 heterocycles. The van der Waals surface area contributed by atoms with Crippen molar-refractivity contribution in [2.24, 2.45) is 0 Å². The number of ether oxygens (including phenoxy) is 2. The van der Waals surface area contributed by atoms with Crippen molar-refractivity contribution < 1.29 is 14.3 Å². The Hall–Kier alpha value is -2.82. The van der Waals surface area contributed by atoms with Crippen molar-refractivity contribution in [2.75, 3.05) is 13.7 Å². The molecule has 0 spiro atoms. The molecule has 0 fully saturated rings. The average molecular weight is 380 g/mol. The second-order valence-corrected chi connectivity index (χ2v) is 7.09. The molecule has 0 aliphatic heterocycles. The first kappa shape index (κ1) is 19.9. The number of hydrogen-bond acceptors (Lipinski definition) is 4. The van der Waals surface area contributed by atoms with Gasteiger partial charge in [0.1, 0.15) is 5.75 Å². The number of fused-ring (bicyclic) bond motifs is 1. The third-order valence-electron chi connectivity index (χ3n) is 4.95. The molecular weight excluding hydrogens is 352 g/mol. The van der Waals surface area contributed by atoms with Gasteiger partial charge in [0.15, 0.2) is 0 Å². The zero-order chi connectivity index (χ0) is 19.8. The number of methoxy groups -OCH3 is 1. The molecule has 1 aromatic heterocycles. The van der Waals surface area contributed by atoms with E-state index in [1.165, 1.54) is 12.7 Å². The van der Waals surface area contributed by atoms with Crippen LogP contribution in [0.2, 0.25) is 0 Å². The minimum Gasteiger partial charge on any atom is -0.494 e. The number of imidazole rings is 1. The van der Waals surface area contributed by atoms with Crippen LogP contribution in [-0.2, 0) is 16.1 Å². The summed E-state index contributed by atoms with van der Waals surface area (Å²) in [5, 5.41) is 0. The van der Waals surface area contributed by atoms with Crippen LogP contribution < -0.4 is 4.74 Å². The first-order chi connectivity index (χ1) is 13.7. The van der Waals surface area contributed by atoms with Gasteiger partial charge in [0.25, 0.3) is 0 Å². The van der Waals surface area contributed by atoms with Gasteiger partial charge in [-0.15, -0.1) is 0 Å². The zero-order valence-corrected chi connectivity index (χ0v) is 16.6. The van der Waals surface area contributed by atoms with Crippen molar-refractivity contribution >= 4 is 17.0 Å². The smallest absolute Gasteiger partial charge is 0.305 e. The lowest BCUT2D eigenvalue weighted by Crippen LogP contribution is -2.05. The number of rotatable bonds is 10. The standard InChI is InChI=1S/C23H28N2O3/c1-18(19-9-5-3-6-10-19)16-25-17-24-21-15-20(12-13-22(21)25)28-14-8-4-7-11-23(26)27-2/h3,5-6,9-10,12-13,15,17-18H,4,7-8,11,14,16H2,1-2H3. The summed E-state index contributed by atoms with van der Waals surface area (Å²) in [6, 6.07) is 16.6. The monoisotopic (exact) mass is 380 g/mol. The minimum absolute atomic E-state index is 0.150. The molecule has 0 amide bonds. The Balaban J connectivity index is 1.52. The summed E-state index contributed by atoms with van der Waals surface area (Å²) < 4.78 is 12.7. The largest absolute Gasteiger partial charge is 0.494 e. The molecule has 0 aliphatic rings. The van der Waals surface area contributed by atoms with Gasteiger partial charge in [-0.3, -0.25) is 4.79 Å². The number of nitrogens with zero attached hydrogens (tertiary/aromatic N) is 2. The van der Waals surface area contributed by atoms with Crippen LogP contribution in [0.1, 0.15) is 44.1 Å². The van der Waals surface area contributed by atoms with Gasteiger partial charge < -0.3 is 14.0 Å². The lowest BCUT2D eigenvalue weighted by atomic mass is 10.0. The van der Waals surface area contributed by atoms with Gasteiger partial charge in [-0.1, -0.05) is 37.3 Å². The fourth-order valence-electron chi connectivity index (χ4n) is 3.30. The number of esters is 1. The van der Waals surface area contributed by atoms with Gasteiger partial charge in [0.05, 0.1) is 31.1 Å². The molecule has 0 bridgehead atoms. The van der Waals surface area contributed by atoms with E-state index in [0.717, 1.165) is 42.6 Å². The fourth-order valence-corrected chi connectivity index (χ4v) is 3.30. The minimum atomic E-state index is -0.150.